The quantitative estimate of drug-likeness (QED) is 0.605. The average Bonchev–Trinajstić information content (AvgIpc) is 2.78. The minimum absolute atomic E-state index is 0.165. The lowest BCUT2D eigenvalue weighted by Gasteiger charge is -1.94. The normalized spacial score (nSPS) is 9.74. The number of hydrogen-bond donors (Lipinski definition) is 1. The van der Waals surface area contributed by atoms with E-state index in [1.165, 1.54) is 10.8 Å². The van der Waals surface area contributed by atoms with Crippen LogP contribution in [0.1, 0.15) is 0 Å². The van der Waals surface area contributed by atoms with Crippen LogP contribution in [0.15, 0.2) is 48.5 Å². The lowest BCUT2D eigenvalue weighted by Crippen LogP contribution is -1.86. The molecule has 0 radical (unpaired) electrons. The van der Waals surface area contributed by atoms with Crippen molar-refractivity contribution in [1.82, 2.24) is 4.57 Å². The van der Waals surface area contributed by atoms with Crippen LogP contribution in [0.5, 0.6) is 0 Å². The maximum absolute atomic E-state index is 8.62. The highest BCUT2D eigenvalue weighted by atomic mass is 16.2. The Balaban J connectivity index is 2.33. The zero-order chi connectivity index (χ0) is 13.1. The minimum Gasteiger partial charge on any atom is -0.384 e. The molecule has 90 valence electrons. The molecular formula is C17H11NO. The van der Waals surface area contributed by atoms with Crippen molar-refractivity contribution in [3.05, 3.63) is 48.5 Å². The highest BCUT2D eigenvalue weighted by Gasteiger charge is 2.07. The molecule has 1 N–H and O–H groups in total. The molecule has 0 atom stereocenters. The van der Waals surface area contributed by atoms with E-state index in [9.17, 15) is 0 Å². The molecule has 0 fully saturated rings. The summed E-state index contributed by atoms with van der Waals surface area (Å²) in [4.78, 5) is 0. The summed E-state index contributed by atoms with van der Waals surface area (Å²) in [7, 11) is 0. The van der Waals surface area contributed by atoms with Crippen LogP contribution in [0.25, 0.3) is 21.8 Å². The van der Waals surface area contributed by atoms with E-state index in [2.05, 4.69) is 35.9 Å². The van der Waals surface area contributed by atoms with Crippen LogP contribution >= 0.6 is 0 Å². The number of rotatable bonds is 0. The lowest BCUT2D eigenvalue weighted by atomic mass is 10.2. The van der Waals surface area contributed by atoms with Gasteiger partial charge in [-0.3, -0.25) is 4.57 Å². The molecule has 0 bridgehead atoms. The van der Waals surface area contributed by atoms with Gasteiger partial charge in [-0.1, -0.05) is 42.3 Å². The first-order valence-electron chi connectivity index (χ1n) is 6.00. The fourth-order valence-electron chi connectivity index (χ4n) is 2.21. The first-order valence-corrected chi connectivity index (χ1v) is 6.00. The molecule has 0 amide bonds. The number of fused-ring (bicyclic) bond motifs is 3. The number of aromatic nitrogens is 1. The predicted molar refractivity (Wildman–Crippen MR) is 77.5 cm³/mol. The van der Waals surface area contributed by atoms with E-state index in [1.54, 1.807) is 0 Å². The largest absolute Gasteiger partial charge is 0.384 e. The van der Waals surface area contributed by atoms with Crippen molar-refractivity contribution in [2.75, 3.05) is 6.61 Å². The van der Waals surface area contributed by atoms with Gasteiger partial charge in [-0.05, 0) is 18.1 Å². The van der Waals surface area contributed by atoms with Crippen molar-refractivity contribution in [2.24, 2.45) is 0 Å². The Kier molecular flexibility index (Phi) is 2.94. The Bertz CT molecular complexity index is 813. The van der Waals surface area contributed by atoms with Gasteiger partial charge >= 0.3 is 0 Å². The second-order valence-corrected chi connectivity index (χ2v) is 4.07. The van der Waals surface area contributed by atoms with Crippen molar-refractivity contribution in [3.63, 3.8) is 0 Å². The van der Waals surface area contributed by atoms with Crippen molar-refractivity contribution in [1.29, 1.82) is 0 Å². The standard InChI is InChI=1S/C17H11NO/c19-13-7-1-6-12-18-16-10-4-2-8-14(16)15-9-3-5-11-17(15)18/h2-5,8-11,19H,13H2. The van der Waals surface area contributed by atoms with Crippen molar-refractivity contribution >= 4 is 21.8 Å². The van der Waals surface area contributed by atoms with Crippen molar-refractivity contribution in [2.45, 2.75) is 0 Å². The van der Waals surface area contributed by atoms with E-state index in [-0.39, 0.29) is 6.61 Å². The fraction of sp³-hybridized carbons (Fsp3) is 0.0588. The Labute approximate surface area is 111 Å². The summed E-state index contributed by atoms with van der Waals surface area (Å²) < 4.78 is 1.94. The lowest BCUT2D eigenvalue weighted by molar-refractivity contribution is 0.350. The van der Waals surface area contributed by atoms with E-state index < -0.39 is 0 Å². The highest BCUT2D eigenvalue weighted by molar-refractivity contribution is 6.08. The van der Waals surface area contributed by atoms with Crippen LogP contribution in [-0.4, -0.2) is 16.3 Å². The molecule has 2 aromatic carbocycles. The van der Waals surface area contributed by atoms with E-state index in [4.69, 9.17) is 5.11 Å². The van der Waals surface area contributed by atoms with Crippen molar-refractivity contribution in [3.8, 4) is 23.8 Å². The minimum atomic E-state index is -0.165. The van der Waals surface area contributed by atoms with Crippen LogP contribution in [0, 0.1) is 23.8 Å². The third-order valence-electron chi connectivity index (χ3n) is 2.98. The summed E-state index contributed by atoms with van der Waals surface area (Å²) >= 11 is 0. The molecule has 3 rings (SSSR count). The topological polar surface area (TPSA) is 25.2 Å². The zero-order valence-electron chi connectivity index (χ0n) is 10.2. The molecule has 0 aliphatic rings. The van der Waals surface area contributed by atoms with Gasteiger partial charge in [0.25, 0.3) is 0 Å². The Morgan fingerprint density at radius 2 is 1.42 bits per heavy atom. The second kappa shape index (κ2) is 4.90. The maximum Gasteiger partial charge on any atom is 0.105 e. The molecule has 2 heteroatoms. The smallest absolute Gasteiger partial charge is 0.105 e. The number of aliphatic hydroxyl groups is 1. The first kappa shape index (κ1) is 11.4. The van der Waals surface area contributed by atoms with Crippen LogP contribution in [0.3, 0.4) is 0 Å². The van der Waals surface area contributed by atoms with Crippen LogP contribution < -0.4 is 0 Å². The van der Waals surface area contributed by atoms with Gasteiger partial charge in [0, 0.05) is 22.7 Å². The third kappa shape index (κ3) is 1.95. The van der Waals surface area contributed by atoms with Gasteiger partial charge < -0.3 is 5.11 Å². The van der Waals surface area contributed by atoms with Gasteiger partial charge in [0.15, 0.2) is 0 Å². The molecule has 0 aliphatic heterocycles. The molecule has 1 heterocycles. The molecule has 0 saturated heterocycles. The summed E-state index contributed by atoms with van der Waals surface area (Å²) in [5.74, 6) is 7.91. The molecular weight excluding hydrogens is 234 g/mol. The molecule has 1 aromatic heterocycles. The molecule has 2 nitrogen and oxygen atoms in total. The van der Waals surface area contributed by atoms with E-state index >= 15 is 0 Å². The van der Waals surface area contributed by atoms with Gasteiger partial charge in [0.2, 0.25) is 0 Å². The molecule has 0 spiro atoms. The van der Waals surface area contributed by atoms with Gasteiger partial charge in [-0.15, -0.1) is 0 Å². The summed E-state index contributed by atoms with van der Waals surface area (Å²) in [6.45, 7) is -0.165. The summed E-state index contributed by atoms with van der Waals surface area (Å²) in [6, 6.07) is 19.4. The summed E-state index contributed by atoms with van der Waals surface area (Å²) in [5.41, 5.74) is 2.14. The van der Waals surface area contributed by atoms with E-state index in [1.807, 2.05) is 41.0 Å². The molecule has 19 heavy (non-hydrogen) atoms. The molecule has 0 saturated carbocycles. The third-order valence-corrected chi connectivity index (χ3v) is 2.98. The maximum atomic E-state index is 8.62. The van der Waals surface area contributed by atoms with Crippen LogP contribution in [0.4, 0.5) is 0 Å². The van der Waals surface area contributed by atoms with Gasteiger partial charge in [-0.25, -0.2) is 0 Å². The Morgan fingerprint density at radius 3 is 2.00 bits per heavy atom. The monoisotopic (exact) mass is 245 g/mol. The van der Waals surface area contributed by atoms with Gasteiger partial charge in [0.1, 0.15) is 6.61 Å². The van der Waals surface area contributed by atoms with Gasteiger partial charge in [0.05, 0.1) is 11.0 Å². The fourth-order valence-corrected chi connectivity index (χ4v) is 2.21. The zero-order valence-corrected chi connectivity index (χ0v) is 10.2. The number of benzene rings is 2. The highest BCUT2D eigenvalue weighted by Crippen LogP contribution is 2.27. The number of aliphatic hydroxyl groups excluding tert-OH is 1. The van der Waals surface area contributed by atoms with Gasteiger partial charge in [-0.2, -0.15) is 0 Å². The Morgan fingerprint density at radius 1 is 0.842 bits per heavy atom. The molecule has 0 unspecified atom stereocenters. The number of hydrogen-bond acceptors (Lipinski definition) is 1. The van der Waals surface area contributed by atoms with E-state index in [0.29, 0.717) is 0 Å². The number of para-hydroxylation sites is 2. The predicted octanol–water partition coefficient (Wildman–Crippen LogP) is 2.60. The molecule has 0 aliphatic carbocycles. The van der Waals surface area contributed by atoms with Crippen LogP contribution in [-0.2, 0) is 0 Å². The molecule has 3 aromatic rings. The first-order chi connectivity index (χ1) is 9.42. The number of nitrogens with zero attached hydrogens (tertiary/aromatic N) is 1. The van der Waals surface area contributed by atoms with Crippen molar-refractivity contribution < 1.29 is 5.11 Å². The van der Waals surface area contributed by atoms with Crippen LogP contribution in [0.2, 0.25) is 0 Å². The summed E-state index contributed by atoms with van der Waals surface area (Å²) in [5, 5.41) is 11.0. The SMILES string of the molecule is OCC#CC#Cn1c2ccccc2c2ccccc21. The Hall–Kier alpha value is -2.68. The average molecular weight is 245 g/mol. The summed E-state index contributed by atoms with van der Waals surface area (Å²) in [6.07, 6.45) is 0. The second-order valence-electron chi connectivity index (χ2n) is 4.07. The van der Waals surface area contributed by atoms with E-state index in [0.717, 1.165) is 11.0 Å².